The first-order valence-electron chi connectivity index (χ1n) is 10.9. The number of fused-ring (bicyclic) bond motifs is 1. The molecule has 2 aromatic rings. The number of hydrogen-bond donors (Lipinski definition) is 1. The van der Waals surface area contributed by atoms with Crippen molar-refractivity contribution < 1.29 is 19.4 Å². The molecule has 0 bridgehead atoms. The summed E-state index contributed by atoms with van der Waals surface area (Å²) < 4.78 is 5.68. The Hall–Kier alpha value is -2.99. The average Bonchev–Trinajstić information content (AvgIpc) is 3.04. The highest BCUT2D eigenvalue weighted by Gasteiger charge is 2.45. The molecule has 1 atom stereocenters. The third kappa shape index (κ3) is 4.07. The van der Waals surface area contributed by atoms with Crippen LogP contribution < -0.4 is 9.64 Å². The number of anilines is 1. The number of aliphatic hydroxyl groups excluding tert-OH is 1. The number of Topliss-reactive ketones (excluding diaryl/α,β-unsaturated/α-hetero) is 1. The molecular formula is C25H27ClN2O4. The molecule has 1 fully saturated rings. The highest BCUT2D eigenvalue weighted by molar-refractivity contribution is 6.46. The number of amides is 1. The van der Waals surface area contributed by atoms with Gasteiger partial charge >= 0.3 is 0 Å². The number of hydrogen-bond acceptors (Lipinski definition) is 5. The minimum absolute atomic E-state index is 0.105. The number of ketones is 1. The van der Waals surface area contributed by atoms with Gasteiger partial charge in [0, 0.05) is 24.2 Å². The van der Waals surface area contributed by atoms with Crippen LogP contribution in [0, 0.1) is 0 Å². The first-order chi connectivity index (χ1) is 15.4. The van der Waals surface area contributed by atoms with E-state index in [9.17, 15) is 14.7 Å². The minimum atomic E-state index is -0.665. The predicted molar refractivity (Wildman–Crippen MR) is 125 cm³/mol. The summed E-state index contributed by atoms with van der Waals surface area (Å²) in [5.74, 6) is -0.699. The van der Waals surface area contributed by atoms with Crippen molar-refractivity contribution in [1.29, 1.82) is 0 Å². The molecule has 1 amide bonds. The lowest BCUT2D eigenvalue weighted by Gasteiger charge is -2.28. The summed E-state index contributed by atoms with van der Waals surface area (Å²) in [5, 5.41) is 11.8. The van der Waals surface area contributed by atoms with Crippen LogP contribution in [-0.4, -0.2) is 48.4 Å². The summed E-state index contributed by atoms with van der Waals surface area (Å²) in [6.07, 6.45) is 2.74. The second-order valence-corrected chi connectivity index (χ2v) is 8.64. The molecule has 2 aromatic carbocycles. The summed E-state index contributed by atoms with van der Waals surface area (Å²) >= 11 is 6.07. The Kier molecular flexibility index (Phi) is 6.42. The maximum Gasteiger partial charge on any atom is 0.295 e. The zero-order valence-corrected chi connectivity index (χ0v) is 19.1. The van der Waals surface area contributed by atoms with E-state index in [4.69, 9.17) is 16.3 Å². The predicted octanol–water partition coefficient (Wildman–Crippen LogP) is 4.78. The first-order valence-corrected chi connectivity index (χ1v) is 11.3. The van der Waals surface area contributed by atoms with Gasteiger partial charge in [-0.05, 0) is 42.3 Å². The molecule has 2 aliphatic heterocycles. The topological polar surface area (TPSA) is 70.1 Å². The second kappa shape index (κ2) is 9.25. The van der Waals surface area contributed by atoms with E-state index in [0.29, 0.717) is 23.7 Å². The van der Waals surface area contributed by atoms with Gasteiger partial charge in [-0.25, -0.2) is 0 Å². The van der Waals surface area contributed by atoms with Gasteiger partial charge in [-0.1, -0.05) is 43.5 Å². The SMILES string of the molecule is CCCCCN1C(=O)C(=O)/C(=C(\O)c2ccc3c(c2)N(C)CCO3)C1c1ccc(Cl)cc1. The van der Waals surface area contributed by atoms with E-state index in [1.807, 2.05) is 11.9 Å². The Morgan fingerprint density at radius 2 is 1.91 bits per heavy atom. The van der Waals surface area contributed by atoms with Gasteiger partial charge in [-0.15, -0.1) is 0 Å². The average molecular weight is 455 g/mol. The number of ether oxygens (including phenoxy) is 1. The molecule has 168 valence electrons. The van der Waals surface area contributed by atoms with Gasteiger partial charge in [0.05, 0.1) is 23.8 Å². The third-order valence-corrected chi connectivity index (χ3v) is 6.31. The molecule has 1 saturated heterocycles. The maximum atomic E-state index is 13.1. The summed E-state index contributed by atoms with van der Waals surface area (Å²) in [7, 11) is 1.95. The molecule has 4 rings (SSSR count). The van der Waals surface area contributed by atoms with Crippen LogP contribution in [-0.2, 0) is 9.59 Å². The van der Waals surface area contributed by atoms with Crippen molar-refractivity contribution in [2.75, 3.05) is 31.6 Å². The number of benzene rings is 2. The summed E-state index contributed by atoms with van der Waals surface area (Å²) in [4.78, 5) is 29.7. The van der Waals surface area contributed by atoms with Crippen LogP contribution in [0.2, 0.25) is 5.02 Å². The maximum absolute atomic E-state index is 13.1. The van der Waals surface area contributed by atoms with Crippen LogP contribution in [0.5, 0.6) is 5.75 Å². The van der Waals surface area contributed by atoms with Crippen molar-refractivity contribution in [3.63, 3.8) is 0 Å². The van der Waals surface area contributed by atoms with E-state index >= 15 is 0 Å². The lowest BCUT2D eigenvalue weighted by molar-refractivity contribution is -0.139. The number of carbonyl (C=O) groups excluding carboxylic acids is 2. The van der Waals surface area contributed by atoms with Gasteiger partial charge in [-0.2, -0.15) is 0 Å². The Labute approximate surface area is 193 Å². The van der Waals surface area contributed by atoms with Crippen LogP contribution in [0.3, 0.4) is 0 Å². The quantitative estimate of drug-likeness (QED) is 0.294. The highest BCUT2D eigenvalue weighted by Crippen LogP contribution is 2.41. The lowest BCUT2D eigenvalue weighted by Crippen LogP contribution is -2.30. The monoisotopic (exact) mass is 454 g/mol. The van der Waals surface area contributed by atoms with E-state index < -0.39 is 17.7 Å². The van der Waals surface area contributed by atoms with Crippen LogP contribution in [0.4, 0.5) is 5.69 Å². The van der Waals surface area contributed by atoms with E-state index in [-0.39, 0.29) is 11.3 Å². The van der Waals surface area contributed by atoms with Gasteiger partial charge in [-0.3, -0.25) is 9.59 Å². The second-order valence-electron chi connectivity index (χ2n) is 8.20. The van der Waals surface area contributed by atoms with Gasteiger partial charge in [0.2, 0.25) is 0 Å². The number of unbranched alkanes of at least 4 members (excludes halogenated alkanes) is 2. The molecule has 2 aliphatic rings. The number of carbonyl (C=O) groups is 2. The van der Waals surface area contributed by atoms with Crippen LogP contribution in [0.15, 0.2) is 48.0 Å². The Morgan fingerprint density at radius 1 is 1.16 bits per heavy atom. The van der Waals surface area contributed by atoms with E-state index in [1.54, 1.807) is 47.4 Å². The Bertz CT molecular complexity index is 1060. The van der Waals surface area contributed by atoms with Crippen molar-refractivity contribution in [2.45, 2.75) is 32.2 Å². The van der Waals surface area contributed by atoms with E-state index in [0.717, 1.165) is 42.8 Å². The van der Waals surface area contributed by atoms with Crippen LogP contribution in [0.25, 0.3) is 5.76 Å². The normalized spacial score (nSPS) is 19.8. The van der Waals surface area contributed by atoms with E-state index in [2.05, 4.69) is 6.92 Å². The van der Waals surface area contributed by atoms with Gasteiger partial charge in [0.1, 0.15) is 18.1 Å². The largest absolute Gasteiger partial charge is 0.507 e. The molecule has 6 nitrogen and oxygen atoms in total. The Balaban J connectivity index is 1.81. The molecule has 7 heteroatoms. The molecule has 1 N–H and O–H groups in total. The van der Waals surface area contributed by atoms with Crippen molar-refractivity contribution in [1.82, 2.24) is 4.90 Å². The molecule has 0 aromatic heterocycles. The smallest absolute Gasteiger partial charge is 0.295 e. The molecular weight excluding hydrogens is 428 g/mol. The standard InChI is InChI=1S/C25H27ClN2O4/c1-3-4-5-12-28-22(16-6-9-18(26)10-7-16)21(24(30)25(28)31)23(29)17-8-11-20-19(15-17)27(2)13-14-32-20/h6-11,15,22,29H,3-5,12-14H2,1-2H3/b23-21-. The molecule has 0 aliphatic carbocycles. The molecule has 2 heterocycles. The molecule has 1 unspecified atom stereocenters. The van der Waals surface area contributed by atoms with Crippen LogP contribution >= 0.6 is 11.6 Å². The summed E-state index contributed by atoms with van der Waals surface area (Å²) in [6, 6.07) is 11.7. The fraction of sp³-hybridized carbons (Fsp3) is 0.360. The zero-order valence-electron chi connectivity index (χ0n) is 18.3. The first kappa shape index (κ1) is 22.2. The van der Waals surface area contributed by atoms with Crippen molar-refractivity contribution >= 4 is 34.7 Å². The third-order valence-electron chi connectivity index (χ3n) is 6.06. The van der Waals surface area contributed by atoms with Crippen molar-refractivity contribution in [2.24, 2.45) is 0 Å². The van der Waals surface area contributed by atoms with Gasteiger partial charge < -0.3 is 19.6 Å². The number of halogens is 1. The molecule has 0 radical (unpaired) electrons. The fourth-order valence-corrected chi connectivity index (χ4v) is 4.41. The van der Waals surface area contributed by atoms with Gasteiger partial charge in [0.25, 0.3) is 11.7 Å². The van der Waals surface area contributed by atoms with Crippen LogP contribution in [0.1, 0.15) is 43.4 Å². The number of likely N-dealkylation sites (tertiary alicyclic amines) is 1. The fourth-order valence-electron chi connectivity index (χ4n) is 4.29. The molecule has 0 saturated carbocycles. The molecule has 0 spiro atoms. The number of likely N-dealkylation sites (N-methyl/N-ethyl adjacent to an activating group) is 1. The van der Waals surface area contributed by atoms with Gasteiger partial charge in [0.15, 0.2) is 0 Å². The number of aliphatic hydroxyl groups is 1. The number of rotatable bonds is 6. The van der Waals surface area contributed by atoms with Crippen molar-refractivity contribution in [3.8, 4) is 5.75 Å². The van der Waals surface area contributed by atoms with E-state index in [1.165, 1.54) is 0 Å². The zero-order chi connectivity index (χ0) is 22.8. The summed E-state index contributed by atoms with van der Waals surface area (Å²) in [6.45, 7) is 3.85. The highest BCUT2D eigenvalue weighted by atomic mass is 35.5. The lowest BCUT2D eigenvalue weighted by atomic mass is 9.95. The summed E-state index contributed by atoms with van der Waals surface area (Å²) in [5.41, 5.74) is 2.16. The molecule has 32 heavy (non-hydrogen) atoms. The van der Waals surface area contributed by atoms with Crippen molar-refractivity contribution in [3.05, 3.63) is 64.2 Å². The Morgan fingerprint density at radius 3 is 2.62 bits per heavy atom. The minimum Gasteiger partial charge on any atom is -0.507 e. The number of nitrogens with zero attached hydrogens (tertiary/aromatic N) is 2.